The number of aromatic amines is 1. The number of nitrogens with one attached hydrogen (secondary N) is 1. The van der Waals surface area contributed by atoms with Crippen molar-refractivity contribution in [3.05, 3.63) is 47.8 Å². The van der Waals surface area contributed by atoms with E-state index in [1.807, 2.05) is 49.1 Å². The maximum absolute atomic E-state index is 11.9. The molecule has 1 saturated heterocycles. The Balaban J connectivity index is 1.68. The summed E-state index contributed by atoms with van der Waals surface area (Å²) in [7, 11) is 0. The van der Waals surface area contributed by atoms with Gasteiger partial charge in [-0.3, -0.25) is 14.8 Å². The van der Waals surface area contributed by atoms with E-state index in [-0.39, 0.29) is 6.10 Å². The number of hydrogen-bond donors (Lipinski definition) is 2. The first-order chi connectivity index (χ1) is 12.0. The van der Waals surface area contributed by atoms with Gasteiger partial charge in [0.25, 0.3) is 0 Å². The summed E-state index contributed by atoms with van der Waals surface area (Å²) in [4.78, 5) is 13.9. The molecule has 1 aromatic carbocycles. The van der Waals surface area contributed by atoms with Gasteiger partial charge in [-0.1, -0.05) is 12.1 Å². The minimum atomic E-state index is -0.808. The zero-order chi connectivity index (χ0) is 17.8. The Kier molecular flexibility index (Phi) is 5.38. The van der Waals surface area contributed by atoms with Crippen LogP contribution in [0.15, 0.2) is 36.5 Å². The lowest BCUT2D eigenvalue weighted by molar-refractivity contribution is -0.144. The zero-order valence-electron chi connectivity index (χ0n) is 14.7. The van der Waals surface area contributed by atoms with Crippen LogP contribution in [0.3, 0.4) is 0 Å². The highest BCUT2D eigenvalue weighted by Crippen LogP contribution is 2.32. The number of aliphatic carboxylic acids is 1. The Morgan fingerprint density at radius 1 is 1.24 bits per heavy atom. The van der Waals surface area contributed by atoms with Crippen molar-refractivity contribution >= 4 is 5.97 Å². The van der Waals surface area contributed by atoms with Gasteiger partial charge in [-0.15, -0.1) is 0 Å². The van der Waals surface area contributed by atoms with Crippen LogP contribution in [-0.4, -0.2) is 45.4 Å². The number of ether oxygens (including phenoxy) is 1. The topological polar surface area (TPSA) is 78.5 Å². The molecule has 134 valence electrons. The zero-order valence-corrected chi connectivity index (χ0v) is 14.7. The van der Waals surface area contributed by atoms with Gasteiger partial charge < -0.3 is 9.84 Å². The van der Waals surface area contributed by atoms with Crippen molar-refractivity contribution in [1.82, 2.24) is 15.1 Å². The molecular weight excluding hydrogens is 318 g/mol. The summed E-state index contributed by atoms with van der Waals surface area (Å²) in [5.41, 5.74) is 1.94. The van der Waals surface area contributed by atoms with Crippen molar-refractivity contribution in [2.45, 2.75) is 44.8 Å². The highest BCUT2D eigenvalue weighted by atomic mass is 16.5. The van der Waals surface area contributed by atoms with Gasteiger partial charge in [0.15, 0.2) is 0 Å². The van der Waals surface area contributed by atoms with Gasteiger partial charge in [-0.25, -0.2) is 0 Å². The van der Waals surface area contributed by atoms with Gasteiger partial charge in [0, 0.05) is 17.8 Å². The molecule has 6 nitrogen and oxygen atoms in total. The molecular formula is C19H25N3O3. The predicted molar refractivity (Wildman–Crippen MR) is 94.7 cm³/mol. The molecule has 2 heterocycles. The van der Waals surface area contributed by atoms with E-state index in [9.17, 15) is 9.90 Å². The van der Waals surface area contributed by atoms with E-state index in [1.165, 1.54) is 0 Å². The number of nitrogens with zero attached hydrogens (tertiary/aromatic N) is 2. The number of hydrogen-bond acceptors (Lipinski definition) is 4. The number of benzene rings is 1. The maximum Gasteiger partial charge on any atom is 0.325 e. The lowest BCUT2D eigenvalue weighted by Gasteiger charge is -2.35. The molecule has 6 heteroatoms. The molecule has 0 aliphatic carbocycles. The summed E-state index contributed by atoms with van der Waals surface area (Å²) >= 11 is 0. The lowest BCUT2D eigenvalue weighted by Crippen LogP contribution is -2.39. The van der Waals surface area contributed by atoms with E-state index in [2.05, 4.69) is 10.2 Å². The standard InChI is InChI=1S/C19H25N3O3/c1-13(2)25-16-5-3-15(4-6-16)18(19(23)24)22-11-8-14(9-12-22)17-7-10-20-21-17/h3-7,10,13-14,18H,8-9,11-12H2,1-2H3,(H,20,21)(H,23,24). The minimum absolute atomic E-state index is 0.0997. The van der Waals surface area contributed by atoms with Gasteiger partial charge in [-0.2, -0.15) is 5.10 Å². The highest BCUT2D eigenvalue weighted by Gasteiger charge is 2.31. The number of carboxylic acids is 1. The fourth-order valence-corrected chi connectivity index (χ4v) is 3.47. The van der Waals surface area contributed by atoms with E-state index in [0.29, 0.717) is 5.92 Å². The average molecular weight is 343 g/mol. The highest BCUT2D eigenvalue weighted by molar-refractivity contribution is 5.75. The largest absolute Gasteiger partial charge is 0.491 e. The van der Waals surface area contributed by atoms with Crippen LogP contribution in [-0.2, 0) is 4.79 Å². The molecule has 2 N–H and O–H groups in total. The van der Waals surface area contributed by atoms with Crippen LogP contribution < -0.4 is 4.74 Å². The first kappa shape index (κ1) is 17.5. The van der Waals surface area contributed by atoms with Crippen molar-refractivity contribution in [2.75, 3.05) is 13.1 Å². The molecule has 0 radical (unpaired) electrons. The Morgan fingerprint density at radius 2 is 1.92 bits per heavy atom. The van der Waals surface area contributed by atoms with Crippen LogP contribution in [0.2, 0.25) is 0 Å². The SMILES string of the molecule is CC(C)Oc1ccc(C(C(=O)O)N2CCC(c3ccn[nH]3)CC2)cc1. The average Bonchev–Trinajstić information content (AvgIpc) is 3.11. The summed E-state index contributed by atoms with van der Waals surface area (Å²) in [6.07, 6.45) is 3.73. The summed E-state index contributed by atoms with van der Waals surface area (Å²) in [5.74, 6) is 0.383. The van der Waals surface area contributed by atoms with Crippen LogP contribution in [0.5, 0.6) is 5.75 Å². The van der Waals surface area contributed by atoms with Crippen molar-refractivity contribution in [3.8, 4) is 5.75 Å². The van der Waals surface area contributed by atoms with E-state index in [1.54, 1.807) is 6.20 Å². The van der Waals surface area contributed by atoms with E-state index in [4.69, 9.17) is 4.74 Å². The van der Waals surface area contributed by atoms with Gasteiger partial charge in [0.2, 0.25) is 0 Å². The molecule has 1 aliphatic heterocycles. The monoisotopic (exact) mass is 343 g/mol. The fraction of sp³-hybridized carbons (Fsp3) is 0.474. The number of carbonyl (C=O) groups is 1. The second-order valence-electron chi connectivity index (χ2n) is 6.80. The normalized spacial score (nSPS) is 17.6. The quantitative estimate of drug-likeness (QED) is 0.842. The van der Waals surface area contributed by atoms with Crippen LogP contribution in [0.25, 0.3) is 0 Å². The minimum Gasteiger partial charge on any atom is -0.491 e. The predicted octanol–water partition coefficient (Wildman–Crippen LogP) is 3.20. The van der Waals surface area contributed by atoms with Gasteiger partial charge in [0.05, 0.1) is 6.10 Å². The lowest BCUT2D eigenvalue weighted by atomic mass is 9.92. The number of likely N-dealkylation sites (tertiary alicyclic amines) is 1. The molecule has 1 unspecified atom stereocenters. The maximum atomic E-state index is 11.9. The third-order valence-electron chi connectivity index (χ3n) is 4.66. The molecule has 2 aromatic rings. The summed E-state index contributed by atoms with van der Waals surface area (Å²) in [6, 6.07) is 8.80. The second-order valence-corrected chi connectivity index (χ2v) is 6.80. The van der Waals surface area contributed by atoms with Crippen molar-refractivity contribution in [3.63, 3.8) is 0 Å². The van der Waals surface area contributed by atoms with Crippen LogP contribution in [0.1, 0.15) is 49.9 Å². The number of H-pyrrole nitrogens is 1. The van der Waals surface area contributed by atoms with Crippen LogP contribution in [0, 0.1) is 0 Å². The first-order valence-corrected chi connectivity index (χ1v) is 8.77. The molecule has 1 aromatic heterocycles. The fourth-order valence-electron chi connectivity index (χ4n) is 3.47. The van der Waals surface area contributed by atoms with Crippen LogP contribution >= 0.6 is 0 Å². The third kappa shape index (κ3) is 4.20. The number of aromatic nitrogens is 2. The van der Waals surface area contributed by atoms with Crippen molar-refractivity contribution < 1.29 is 14.6 Å². The van der Waals surface area contributed by atoms with Crippen LogP contribution in [0.4, 0.5) is 0 Å². The van der Waals surface area contributed by atoms with Gasteiger partial charge >= 0.3 is 5.97 Å². The molecule has 1 atom stereocenters. The molecule has 0 amide bonds. The van der Waals surface area contributed by atoms with Crippen molar-refractivity contribution in [1.29, 1.82) is 0 Å². The molecule has 25 heavy (non-hydrogen) atoms. The third-order valence-corrected chi connectivity index (χ3v) is 4.66. The number of piperidine rings is 1. The number of rotatable bonds is 6. The molecule has 0 bridgehead atoms. The number of carboxylic acid groups (broad SMARTS) is 1. The smallest absolute Gasteiger partial charge is 0.325 e. The summed E-state index contributed by atoms with van der Waals surface area (Å²) < 4.78 is 5.64. The van der Waals surface area contributed by atoms with Crippen molar-refractivity contribution in [2.24, 2.45) is 0 Å². The molecule has 0 saturated carbocycles. The first-order valence-electron chi connectivity index (χ1n) is 8.77. The Labute approximate surface area is 147 Å². The van der Waals surface area contributed by atoms with E-state index in [0.717, 1.165) is 42.9 Å². The van der Waals surface area contributed by atoms with Gasteiger partial charge in [0.1, 0.15) is 11.8 Å². The Bertz CT molecular complexity index is 674. The van der Waals surface area contributed by atoms with E-state index < -0.39 is 12.0 Å². The second kappa shape index (κ2) is 7.70. The molecule has 0 spiro atoms. The van der Waals surface area contributed by atoms with Gasteiger partial charge in [-0.05, 0) is 63.5 Å². The Morgan fingerprint density at radius 3 is 2.44 bits per heavy atom. The Hall–Kier alpha value is -2.34. The molecule has 1 fully saturated rings. The summed E-state index contributed by atoms with van der Waals surface area (Å²) in [5, 5.41) is 16.8. The molecule has 3 rings (SSSR count). The molecule has 1 aliphatic rings. The van der Waals surface area contributed by atoms with E-state index >= 15 is 0 Å². The summed E-state index contributed by atoms with van der Waals surface area (Å²) in [6.45, 7) is 5.45.